The molecule has 3 rings (SSSR count). The summed E-state index contributed by atoms with van der Waals surface area (Å²) in [7, 11) is 0. The molecule has 1 heterocycles. The zero-order valence-corrected chi connectivity index (χ0v) is 10.6. The number of rotatable bonds is 2. The van der Waals surface area contributed by atoms with Crippen LogP contribution in [0.1, 0.15) is 6.42 Å². The quantitative estimate of drug-likeness (QED) is 0.771. The van der Waals surface area contributed by atoms with Crippen LogP contribution >= 0.6 is 0 Å². The smallest absolute Gasteiger partial charge is 0.319 e. The summed E-state index contributed by atoms with van der Waals surface area (Å²) >= 11 is 0. The van der Waals surface area contributed by atoms with Crippen molar-refractivity contribution in [2.45, 2.75) is 12.5 Å². The molecule has 4 heteroatoms. The second-order valence-electron chi connectivity index (χ2n) is 4.81. The third-order valence-corrected chi connectivity index (χ3v) is 3.43. The summed E-state index contributed by atoms with van der Waals surface area (Å²) in [6, 6.07) is 14.0. The average molecular weight is 255 g/mol. The summed E-state index contributed by atoms with van der Waals surface area (Å²) in [6.45, 7) is 1.82. The molecule has 4 nitrogen and oxygen atoms in total. The maximum atomic E-state index is 12.0. The van der Waals surface area contributed by atoms with Crippen molar-refractivity contribution in [1.29, 1.82) is 0 Å². The van der Waals surface area contributed by atoms with Gasteiger partial charge in [0.2, 0.25) is 0 Å². The summed E-state index contributed by atoms with van der Waals surface area (Å²) in [5.74, 6) is 0. The molecule has 19 heavy (non-hydrogen) atoms. The highest BCUT2D eigenvalue weighted by Gasteiger charge is 2.16. The maximum Gasteiger partial charge on any atom is 0.319 e. The molecule has 3 N–H and O–H groups in total. The number of anilines is 1. The van der Waals surface area contributed by atoms with Crippen LogP contribution in [-0.2, 0) is 0 Å². The molecule has 0 spiro atoms. The van der Waals surface area contributed by atoms with Gasteiger partial charge in [0.05, 0.1) is 5.69 Å². The van der Waals surface area contributed by atoms with Crippen LogP contribution < -0.4 is 16.0 Å². The van der Waals surface area contributed by atoms with Crippen LogP contribution in [0, 0.1) is 0 Å². The highest BCUT2D eigenvalue weighted by molar-refractivity contribution is 6.01. The van der Waals surface area contributed by atoms with E-state index in [9.17, 15) is 4.79 Å². The molecule has 1 aliphatic rings. The minimum atomic E-state index is -0.134. The molecule has 0 bridgehead atoms. The molecular formula is C15H17N3O. The van der Waals surface area contributed by atoms with Crippen molar-refractivity contribution >= 4 is 22.5 Å². The van der Waals surface area contributed by atoms with Gasteiger partial charge >= 0.3 is 6.03 Å². The molecule has 1 atom stereocenters. The fraction of sp³-hybridized carbons (Fsp3) is 0.267. The first-order valence-corrected chi connectivity index (χ1v) is 6.59. The Morgan fingerprint density at radius 1 is 1.16 bits per heavy atom. The van der Waals surface area contributed by atoms with Gasteiger partial charge < -0.3 is 16.0 Å². The number of fused-ring (bicyclic) bond motifs is 1. The van der Waals surface area contributed by atoms with Gasteiger partial charge in [0.1, 0.15) is 0 Å². The van der Waals surface area contributed by atoms with Crippen LogP contribution in [-0.4, -0.2) is 25.2 Å². The number of hydrogen-bond donors (Lipinski definition) is 3. The number of hydrogen-bond acceptors (Lipinski definition) is 2. The third kappa shape index (κ3) is 2.69. The molecule has 98 valence electrons. The summed E-state index contributed by atoms with van der Waals surface area (Å²) in [5, 5.41) is 11.3. The van der Waals surface area contributed by atoms with Crippen LogP contribution in [0.25, 0.3) is 10.8 Å². The van der Waals surface area contributed by atoms with Crippen LogP contribution in [0.5, 0.6) is 0 Å². The largest absolute Gasteiger partial charge is 0.334 e. The first-order valence-electron chi connectivity index (χ1n) is 6.59. The molecule has 2 aromatic rings. The number of amides is 2. The van der Waals surface area contributed by atoms with Crippen molar-refractivity contribution in [1.82, 2.24) is 10.6 Å². The lowest BCUT2D eigenvalue weighted by Gasteiger charge is -2.13. The van der Waals surface area contributed by atoms with Crippen molar-refractivity contribution in [2.24, 2.45) is 0 Å². The Morgan fingerprint density at radius 3 is 2.84 bits per heavy atom. The summed E-state index contributed by atoms with van der Waals surface area (Å²) in [5.41, 5.74) is 0.849. The van der Waals surface area contributed by atoms with Gasteiger partial charge in [0, 0.05) is 18.0 Å². The van der Waals surface area contributed by atoms with E-state index in [0.717, 1.165) is 36.0 Å². The molecule has 2 aromatic carbocycles. The van der Waals surface area contributed by atoms with Crippen LogP contribution in [0.4, 0.5) is 10.5 Å². The Morgan fingerprint density at radius 2 is 2.00 bits per heavy atom. The molecule has 0 aromatic heterocycles. The number of nitrogens with one attached hydrogen (secondary N) is 3. The van der Waals surface area contributed by atoms with E-state index < -0.39 is 0 Å². The minimum Gasteiger partial charge on any atom is -0.334 e. The number of benzene rings is 2. The summed E-state index contributed by atoms with van der Waals surface area (Å²) in [4.78, 5) is 12.0. The van der Waals surface area contributed by atoms with Gasteiger partial charge in [-0.25, -0.2) is 4.79 Å². The lowest BCUT2D eigenvalue weighted by molar-refractivity contribution is 0.249. The van der Waals surface area contributed by atoms with Crippen molar-refractivity contribution < 1.29 is 4.79 Å². The molecule has 0 radical (unpaired) electrons. The first-order chi connectivity index (χ1) is 9.33. The molecule has 0 aliphatic carbocycles. The van der Waals surface area contributed by atoms with E-state index in [1.54, 1.807) is 0 Å². The minimum absolute atomic E-state index is 0.134. The van der Waals surface area contributed by atoms with Gasteiger partial charge in [0.15, 0.2) is 0 Å². The second kappa shape index (κ2) is 5.28. The number of carbonyl (C=O) groups excluding carboxylic acids is 1. The van der Waals surface area contributed by atoms with Gasteiger partial charge in [-0.15, -0.1) is 0 Å². The SMILES string of the molecule is O=C(Nc1cccc2ccccc12)N[C@H]1CCNC1. The van der Waals surface area contributed by atoms with E-state index in [2.05, 4.69) is 16.0 Å². The lowest BCUT2D eigenvalue weighted by Crippen LogP contribution is -2.39. The van der Waals surface area contributed by atoms with E-state index in [1.165, 1.54) is 0 Å². The fourth-order valence-electron chi connectivity index (χ4n) is 2.46. The normalized spacial score (nSPS) is 18.4. The average Bonchev–Trinajstić information content (AvgIpc) is 2.92. The molecule has 0 saturated carbocycles. The molecule has 1 aliphatic heterocycles. The van der Waals surface area contributed by atoms with E-state index in [4.69, 9.17) is 0 Å². The van der Waals surface area contributed by atoms with Crippen LogP contribution in [0.3, 0.4) is 0 Å². The van der Waals surface area contributed by atoms with Crippen LogP contribution in [0.2, 0.25) is 0 Å². The van der Waals surface area contributed by atoms with Crippen molar-refractivity contribution in [2.75, 3.05) is 18.4 Å². The predicted molar refractivity (Wildman–Crippen MR) is 77.4 cm³/mol. The number of carbonyl (C=O) groups is 1. The molecule has 1 fully saturated rings. The standard InChI is InChI=1S/C15H17N3O/c19-15(17-12-8-9-16-10-12)18-14-7-3-5-11-4-1-2-6-13(11)14/h1-7,12,16H,8-10H2,(H2,17,18,19)/t12-/m0/s1. The van der Waals surface area contributed by atoms with E-state index in [0.29, 0.717) is 0 Å². The number of urea groups is 1. The van der Waals surface area contributed by atoms with E-state index in [1.807, 2.05) is 42.5 Å². The Labute approximate surface area is 112 Å². The second-order valence-corrected chi connectivity index (χ2v) is 4.81. The third-order valence-electron chi connectivity index (χ3n) is 3.43. The Bertz CT molecular complexity index is 585. The fourth-order valence-corrected chi connectivity index (χ4v) is 2.46. The monoisotopic (exact) mass is 255 g/mol. The van der Waals surface area contributed by atoms with Gasteiger partial charge in [-0.1, -0.05) is 36.4 Å². The van der Waals surface area contributed by atoms with E-state index in [-0.39, 0.29) is 12.1 Å². The Kier molecular flexibility index (Phi) is 3.33. The Balaban J connectivity index is 1.75. The summed E-state index contributed by atoms with van der Waals surface area (Å²) in [6.07, 6.45) is 0.989. The Hall–Kier alpha value is -2.07. The molecule has 2 amide bonds. The predicted octanol–water partition coefficient (Wildman–Crippen LogP) is 2.32. The van der Waals surface area contributed by atoms with Gasteiger partial charge in [-0.05, 0) is 24.4 Å². The van der Waals surface area contributed by atoms with Gasteiger partial charge in [0.25, 0.3) is 0 Å². The van der Waals surface area contributed by atoms with Crippen molar-refractivity contribution in [3.63, 3.8) is 0 Å². The molecule has 0 unspecified atom stereocenters. The van der Waals surface area contributed by atoms with Gasteiger partial charge in [-0.3, -0.25) is 0 Å². The zero-order valence-electron chi connectivity index (χ0n) is 10.6. The first kappa shape index (κ1) is 12.0. The lowest BCUT2D eigenvalue weighted by atomic mass is 10.1. The zero-order chi connectivity index (χ0) is 13.1. The van der Waals surface area contributed by atoms with Crippen molar-refractivity contribution in [3.8, 4) is 0 Å². The van der Waals surface area contributed by atoms with Crippen molar-refractivity contribution in [3.05, 3.63) is 42.5 Å². The molecule has 1 saturated heterocycles. The highest BCUT2D eigenvalue weighted by Crippen LogP contribution is 2.22. The van der Waals surface area contributed by atoms with Gasteiger partial charge in [-0.2, -0.15) is 0 Å². The topological polar surface area (TPSA) is 53.2 Å². The molecular weight excluding hydrogens is 238 g/mol. The van der Waals surface area contributed by atoms with E-state index >= 15 is 0 Å². The van der Waals surface area contributed by atoms with Crippen LogP contribution in [0.15, 0.2) is 42.5 Å². The summed E-state index contributed by atoms with van der Waals surface area (Å²) < 4.78 is 0. The highest BCUT2D eigenvalue weighted by atomic mass is 16.2. The maximum absolute atomic E-state index is 12.0.